The van der Waals surface area contributed by atoms with Gasteiger partial charge in [-0.2, -0.15) is 0 Å². The van der Waals surface area contributed by atoms with E-state index in [-0.39, 0.29) is 6.04 Å². The molecule has 1 aliphatic heterocycles. The van der Waals surface area contributed by atoms with E-state index in [1.165, 1.54) is 75.7 Å². The van der Waals surface area contributed by atoms with Crippen molar-refractivity contribution in [2.24, 2.45) is 0 Å². The first-order valence-corrected chi connectivity index (χ1v) is 16.4. The maximum atomic E-state index is 2.55. The van der Waals surface area contributed by atoms with Gasteiger partial charge < -0.3 is 9.47 Å². The largest absolute Gasteiger partial charge is 0.333 e. The fraction of sp³-hybridized carbons (Fsp3) is 0.0476. The summed E-state index contributed by atoms with van der Waals surface area (Å²) in [4.78, 5) is 2.55. The molecule has 0 bridgehead atoms. The maximum absolute atomic E-state index is 2.55. The average molecular weight is 593 g/mol. The van der Waals surface area contributed by atoms with Crippen LogP contribution >= 0.6 is 11.3 Å². The van der Waals surface area contributed by atoms with Gasteiger partial charge in [-0.1, -0.05) is 91.0 Å². The van der Waals surface area contributed by atoms with Gasteiger partial charge in [-0.25, -0.2) is 0 Å². The van der Waals surface area contributed by atoms with Gasteiger partial charge in [0.2, 0.25) is 0 Å². The van der Waals surface area contributed by atoms with Crippen LogP contribution in [0.25, 0.3) is 58.8 Å². The van der Waals surface area contributed by atoms with E-state index in [0.717, 1.165) is 0 Å². The SMILES string of the molecule is C1=CC2c3cc(-c4ccc5c(c4)c4ccccc4n5-c4ccccc4)ccc3N(c3ccc4sc5ccccc5c4c3)C2C=C1. The summed E-state index contributed by atoms with van der Waals surface area (Å²) in [5.74, 6) is 0.309. The summed E-state index contributed by atoms with van der Waals surface area (Å²) in [5.41, 5.74) is 10.1. The Hall–Kier alpha value is -5.38. The van der Waals surface area contributed by atoms with Crippen molar-refractivity contribution in [3.05, 3.63) is 163 Å². The van der Waals surface area contributed by atoms with Gasteiger partial charge in [0.15, 0.2) is 0 Å². The molecule has 2 nitrogen and oxygen atoms in total. The second-order valence-electron chi connectivity index (χ2n) is 12.1. The molecule has 212 valence electrons. The molecule has 8 aromatic rings. The van der Waals surface area contributed by atoms with E-state index in [0.29, 0.717) is 5.92 Å². The highest BCUT2D eigenvalue weighted by Gasteiger charge is 2.37. The minimum absolute atomic E-state index is 0.258. The molecule has 6 aromatic carbocycles. The second-order valence-corrected chi connectivity index (χ2v) is 13.2. The first kappa shape index (κ1) is 25.0. The van der Waals surface area contributed by atoms with Crippen LogP contribution in [-0.4, -0.2) is 10.6 Å². The first-order valence-electron chi connectivity index (χ1n) is 15.6. The van der Waals surface area contributed by atoms with Gasteiger partial charge in [0.1, 0.15) is 0 Å². The van der Waals surface area contributed by atoms with Crippen LogP contribution < -0.4 is 4.90 Å². The highest BCUT2D eigenvalue weighted by atomic mass is 32.1. The van der Waals surface area contributed by atoms with Crippen LogP contribution in [0, 0.1) is 0 Å². The van der Waals surface area contributed by atoms with Crippen molar-refractivity contribution in [3.8, 4) is 16.8 Å². The smallest absolute Gasteiger partial charge is 0.0629 e. The number of para-hydroxylation sites is 2. The molecule has 3 heterocycles. The Morgan fingerprint density at radius 1 is 0.489 bits per heavy atom. The third-order valence-electron chi connectivity index (χ3n) is 9.71. The fourth-order valence-corrected chi connectivity index (χ4v) is 8.78. The number of benzene rings is 6. The highest BCUT2D eigenvalue weighted by Crippen LogP contribution is 2.50. The normalized spacial score (nSPS) is 17.1. The fourth-order valence-electron chi connectivity index (χ4n) is 7.69. The maximum Gasteiger partial charge on any atom is 0.0629 e. The average Bonchev–Trinajstić information content (AvgIpc) is 3.75. The van der Waals surface area contributed by atoms with Crippen LogP contribution in [0.4, 0.5) is 11.4 Å². The third kappa shape index (κ3) is 3.68. The van der Waals surface area contributed by atoms with Crippen molar-refractivity contribution < 1.29 is 0 Å². The molecule has 0 spiro atoms. The lowest BCUT2D eigenvalue weighted by Crippen LogP contribution is -2.28. The van der Waals surface area contributed by atoms with Gasteiger partial charge >= 0.3 is 0 Å². The van der Waals surface area contributed by atoms with E-state index in [4.69, 9.17) is 0 Å². The van der Waals surface area contributed by atoms with Crippen molar-refractivity contribution in [3.63, 3.8) is 0 Å². The first-order chi connectivity index (χ1) is 22.3. The predicted octanol–water partition coefficient (Wildman–Crippen LogP) is 11.5. The summed E-state index contributed by atoms with van der Waals surface area (Å²) in [6.45, 7) is 0. The Labute approximate surface area is 265 Å². The Morgan fingerprint density at radius 3 is 2.16 bits per heavy atom. The number of aromatic nitrogens is 1. The van der Waals surface area contributed by atoms with Crippen LogP contribution in [0.2, 0.25) is 0 Å². The van der Waals surface area contributed by atoms with Gasteiger partial charge in [-0.05, 0) is 83.4 Å². The molecule has 0 fully saturated rings. The van der Waals surface area contributed by atoms with E-state index >= 15 is 0 Å². The Balaban J connectivity index is 1.12. The van der Waals surface area contributed by atoms with Crippen molar-refractivity contribution in [2.75, 3.05) is 4.90 Å². The van der Waals surface area contributed by atoms with Crippen LogP contribution in [0.5, 0.6) is 0 Å². The zero-order chi connectivity index (χ0) is 29.5. The number of anilines is 2. The van der Waals surface area contributed by atoms with E-state index in [9.17, 15) is 0 Å². The summed E-state index contributed by atoms with van der Waals surface area (Å²) in [7, 11) is 0. The number of nitrogens with zero attached hydrogens (tertiary/aromatic N) is 2. The summed E-state index contributed by atoms with van der Waals surface area (Å²) in [6, 6.07) is 49.5. The zero-order valence-corrected chi connectivity index (χ0v) is 25.3. The Kier molecular flexibility index (Phi) is 5.31. The molecule has 3 heteroatoms. The molecule has 2 unspecified atom stereocenters. The molecule has 0 saturated heterocycles. The lowest BCUT2D eigenvalue weighted by Gasteiger charge is -2.28. The van der Waals surface area contributed by atoms with E-state index in [2.05, 4.69) is 167 Å². The van der Waals surface area contributed by atoms with Gasteiger partial charge in [0.25, 0.3) is 0 Å². The van der Waals surface area contributed by atoms with Crippen molar-refractivity contribution in [1.29, 1.82) is 0 Å². The second kappa shape index (κ2) is 9.56. The predicted molar refractivity (Wildman–Crippen MR) is 192 cm³/mol. The molecule has 0 amide bonds. The summed E-state index contributed by atoms with van der Waals surface area (Å²) >= 11 is 1.88. The number of fused-ring (bicyclic) bond motifs is 9. The lowest BCUT2D eigenvalue weighted by atomic mass is 9.89. The van der Waals surface area contributed by atoms with Gasteiger partial charge in [0.05, 0.1) is 17.1 Å². The monoisotopic (exact) mass is 592 g/mol. The molecule has 1 aliphatic carbocycles. The zero-order valence-electron chi connectivity index (χ0n) is 24.5. The number of allylic oxidation sites excluding steroid dienone is 2. The molecule has 2 aromatic heterocycles. The van der Waals surface area contributed by atoms with E-state index in [1.807, 2.05) is 11.3 Å². The molecule has 2 atom stereocenters. The molecule has 0 saturated carbocycles. The number of thiophene rings is 1. The Bertz CT molecular complexity index is 2510. The molecule has 0 radical (unpaired) electrons. The molecule has 45 heavy (non-hydrogen) atoms. The van der Waals surface area contributed by atoms with Crippen LogP contribution in [0.3, 0.4) is 0 Å². The van der Waals surface area contributed by atoms with Gasteiger partial charge in [-0.15, -0.1) is 11.3 Å². The van der Waals surface area contributed by atoms with E-state index < -0.39 is 0 Å². The van der Waals surface area contributed by atoms with E-state index in [1.54, 1.807) is 0 Å². The van der Waals surface area contributed by atoms with Crippen molar-refractivity contribution in [2.45, 2.75) is 12.0 Å². The molecule has 0 N–H and O–H groups in total. The molecule has 2 aliphatic rings. The Morgan fingerprint density at radius 2 is 1.22 bits per heavy atom. The summed E-state index contributed by atoms with van der Waals surface area (Å²) < 4.78 is 5.07. The minimum Gasteiger partial charge on any atom is -0.333 e. The van der Waals surface area contributed by atoms with Crippen molar-refractivity contribution in [1.82, 2.24) is 4.57 Å². The number of hydrogen-bond acceptors (Lipinski definition) is 2. The van der Waals surface area contributed by atoms with Crippen molar-refractivity contribution >= 4 is 64.7 Å². The molecular weight excluding hydrogens is 565 g/mol. The lowest BCUT2D eigenvalue weighted by molar-refractivity contribution is 0.745. The topological polar surface area (TPSA) is 8.17 Å². The van der Waals surface area contributed by atoms with Gasteiger partial charge in [0, 0.05) is 53.9 Å². The van der Waals surface area contributed by atoms with Crippen LogP contribution in [0.1, 0.15) is 11.5 Å². The number of rotatable bonds is 3. The highest BCUT2D eigenvalue weighted by molar-refractivity contribution is 7.25. The quantitative estimate of drug-likeness (QED) is 0.198. The van der Waals surface area contributed by atoms with Crippen LogP contribution in [-0.2, 0) is 0 Å². The standard InChI is InChI=1S/C42H28N2S/c1-2-10-29(11-3-1)43-37-15-7-4-12-31(37)34-24-27(18-21-39(34)43)28-19-22-40-35(25-28)32-13-5-8-16-38(32)44(40)30-20-23-42-36(26-30)33-14-6-9-17-41(33)45-42/h1-26,32,38H. The van der Waals surface area contributed by atoms with Gasteiger partial charge in [-0.3, -0.25) is 0 Å². The number of hydrogen-bond donors (Lipinski definition) is 0. The summed E-state index contributed by atoms with van der Waals surface area (Å²) in [6.07, 6.45) is 9.16. The summed E-state index contributed by atoms with van der Waals surface area (Å²) in [5, 5.41) is 5.24. The molecule has 10 rings (SSSR count). The minimum atomic E-state index is 0.258. The molecular formula is C42H28N2S. The van der Waals surface area contributed by atoms with Crippen LogP contribution in [0.15, 0.2) is 158 Å². The third-order valence-corrected chi connectivity index (χ3v) is 10.9.